The maximum Gasteiger partial charge on any atom is 0.137 e. The van der Waals surface area contributed by atoms with E-state index < -0.39 is 0 Å². The van der Waals surface area contributed by atoms with Crippen LogP contribution in [0.2, 0.25) is 5.02 Å². The predicted molar refractivity (Wildman–Crippen MR) is 66.5 cm³/mol. The Balaban J connectivity index is 2.26. The zero-order valence-electron chi connectivity index (χ0n) is 8.44. The van der Waals surface area contributed by atoms with Crippen molar-refractivity contribution in [3.8, 4) is 11.1 Å². The van der Waals surface area contributed by atoms with Gasteiger partial charge in [-0.05, 0) is 29.8 Å². The number of pyridine rings is 1. The minimum absolute atomic E-state index is 0.746. The van der Waals surface area contributed by atoms with Gasteiger partial charge in [-0.25, -0.2) is 4.98 Å². The van der Waals surface area contributed by atoms with Gasteiger partial charge in [0.2, 0.25) is 0 Å². The lowest BCUT2D eigenvalue weighted by atomic mass is 10.1. The largest absolute Gasteiger partial charge is 0.346 e. The SMILES string of the molecule is Clc1cccc(-c2c[nH]c3ncccc23)c1. The molecule has 3 aromatic rings. The predicted octanol–water partition coefficient (Wildman–Crippen LogP) is 3.88. The zero-order chi connectivity index (χ0) is 11.0. The van der Waals surface area contributed by atoms with Crippen LogP contribution in [0.5, 0.6) is 0 Å². The molecule has 0 aliphatic rings. The average molecular weight is 229 g/mol. The van der Waals surface area contributed by atoms with Crippen LogP contribution < -0.4 is 0 Å². The lowest BCUT2D eigenvalue weighted by molar-refractivity contribution is 1.33. The molecule has 16 heavy (non-hydrogen) atoms. The molecule has 78 valence electrons. The highest BCUT2D eigenvalue weighted by molar-refractivity contribution is 6.30. The molecule has 0 saturated carbocycles. The van der Waals surface area contributed by atoms with Gasteiger partial charge >= 0.3 is 0 Å². The summed E-state index contributed by atoms with van der Waals surface area (Å²) in [6.45, 7) is 0. The monoisotopic (exact) mass is 228 g/mol. The third kappa shape index (κ3) is 1.48. The van der Waals surface area contributed by atoms with Crippen LogP contribution >= 0.6 is 11.6 Å². The van der Waals surface area contributed by atoms with Gasteiger partial charge in [0.1, 0.15) is 5.65 Å². The van der Waals surface area contributed by atoms with Crippen molar-refractivity contribution in [1.29, 1.82) is 0 Å². The van der Waals surface area contributed by atoms with E-state index in [2.05, 4.69) is 16.0 Å². The molecule has 1 N–H and O–H groups in total. The van der Waals surface area contributed by atoms with Crippen molar-refractivity contribution >= 4 is 22.6 Å². The molecule has 3 heteroatoms. The van der Waals surface area contributed by atoms with E-state index in [0.29, 0.717) is 0 Å². The summed E-state index contributed by atoms with van der Waals surface area (Å²) in [7, 11) is 0. The maximum absolute atomic E-state index is 5.99. The van der Waals surface area contributed by atoms with E-state index in [1.807, 2.05) is 36.5 Å². The number of nitrogens with zero attached hydrogens (tertiary/aromatic N) is 1. The Morgan fingerprint density at radius 1 is 1.12 bits per heavy atom. The van der Waals surface area contributed by atoms with Gasteiger partial charge in [-0.15, -0.1) is 0 Å². The third-order valence-electron chi connectivity index (χ3n) is 2.59. The molecule has 0 radical (unpaired) electrons. The Kier molecular flexibility index (Phi) is 2.15. The number of H-pyrrole nitrogens is 1. The lowest BCUT2D eigenvalue weighted by Gasteiger charge is -1.99. The molecule has 1 aromatic carbocycles. The topological polar surface area (TPSA) is 28.7 Å². The number of rotatable bonds is 1. The number of hydrogen-bond donors (Lipinski definition) is 1. The highest BCUT2D eigenvalue weighted by Crippen LogP contribution is 2.28. The second kappa shape index (κ2) is 3.65. The van der Waals surface area contributed by atoms with Crippen LogP contribution in [0, 0.1) is 0 Å². The van der Waals surface area contributed by atoms with Gasteiger partial charge in [-0.3, -0.25) is 0 Å². The quantitative estimate of drug-likeness (QED) is 0.673. The first-order chi connectivity index (χ1) is 7.84. The van der Waals surface area contributed by atoms with Crippen LogP contribution in [0.3, 0.4) is 0 Å². The van der Waals surface area contributed by atoms with E-state index >= 15 is 0 Å². The Hall–Kier alpha value is -1.80. The standard InChI is InChI=1S/C13H9ClN2/c14-10-4-1-3-9(7-10)12-8-16-13-11(12)5-2-6-15-13/h1-8H,(H,15,16). The third-order valence-corrected chi connectivity index (χ3v) is 2.82. The minimum Gasteiger partial charge on any atom is -0.346 e. The van der Waals surface area contributed by atoms with Gasteiger partial charge in [0, 0.05) is 28.4 Å². The molecule has 3 rings (SSSR count). The number of halogens is 1. The van der Waals surface area contributed by atoms with Gasteiger partial charge in [-0.1, -0.05) is 23.7 Å². The fourth-order valence-corrected chi connectivity index (χ4v) is 2.04. The number of aromatic nitrogens is 2. The van der Waals surface area contributed by atoms with E-state index in [4.69, 9.17) is 11.6 Å². The molecule has 0 saturated heterocycles. The summed E-state index contributed by atoms with van der Waals surface area (Å²) in [5, 5.41) is 1.86. The molecule has 0 unspecified atom stereocenters. The summed E-state index contributed by atoms with van der Waals surface area (Å²) >= 11 is 5.99. The summed E-state index contributed by atoms with van der Waals surface area (Å²) in [4.78, 5) is 7.41. The summed E-state index contributed by atoms with van der Waals surface area (Å²) in [5.74, 6) is 0. The Morgan fingerprint density at radius 3 is 2.94 bits per heavy atom. The molecule has 2 nitrogen and oxygen atoms in total. The van der Waals surface area contributed by atoms with Gasteiger partial charge in [0.05, 0.1) is 0 Å². The second-order valence-corrected chi connectivity index (χ2v) is 4.05. The van der Waals surface area contributed by atoms with E-state index in [9.17, 15) is 0 Å². The first-order valence-corrected chi connectivity index (χ1v) is 5.40. The van der Waals surface area contributed by atoms with Crippen LogP contribution in [-0.4, -0.2) is 9.97 Å². The fraction of sp³-hybridized carbons (Fsp3) is 0. The van der Waals surface area contributed by atoms with Crippen LogP contribution in [-0.2, 0) is 0 Å². The zero-order valence-corrected chi connectivity index (χ0v) is 9.20. The molecule has 2 aromatic heterocycles. The number of benzene rings is 1. The molecule has 0 bridgehead atoms. The van der Waals surface area contributed by atoms with Crippen molar-refractivity contribution in [3.63, 3.8) is 0 Å². The molecular formula is C13H9ClN2. The minimum atomic E-state index is 0.746. The molecule has 0 aliphatic heterocycles. The first kappa shape index (κ1) is 9.43. The summed E-state index contributed by atoms with van der Waals surface area (Å²) in [6.07, 6.45) is 3.74. The van der Waals surface area contributed by atoms with Crippen molar-refractivity contribution in [2.45, 2.75) is 0 Å². The molecular weight excluding hydrogens is 220 g/mol. The van der Waals surface area contributed by atoms with Gasteiger partial charge in [-0.2, -0.15) is 0 Å². The first-order valence-electron chi connectivity index (χ1n) is 5.02. The van der Waals surface area contributed by atoms with E-state index in [1.54, 1.807) is 6.20 Å². The maximum atomic E-state index is 5.99. The summed E-state index contributed by atoms with van der Waals surface area (Å²) in [6, 6.07) is 11.8. The van der Waals surface area contributed by atoms with Crippen LogP contribution in [0.15, 0.2) is 48.8 Å². The summed E-state index contributed by atoms with van der Waals surface area (Å²) < 4.78 is 0. The molecule has 0 fully saturated rings. The van der Waals surface area contributed by atoms with Crippen LogP contribution in [0.1, 0.15) is 0 Å². The van der Waals surface area contributed by atoms with Crippen molar-refractivity contribution in [2.24, 2.45) is 0 Å². The van der Waals surface area contributed by atoms with E-state index in [1.165, 1.54) is 0 Å². The Morgan fingerprint density at radius 2 is 2.06 bits per heavy atom. The lowest BCUT2D eigenvalue weighted by Crippen LogP contribution is -1.76. The average Bonchev–Trinajstić information content (AvgIpc) is 2.72. The number of fused-ring (bicyclic) bond motifs is 1. The second-order valence-electron chi connectivity index (χ2n) is 3.61. The van der Waals surface area contributed by atoms with E-state index in [-0.39, 0.29) is 0 Å². The Bertz CT molecular complexity index is 643. The van der Waals surface area contributed by atoms with Gasteiger partial charge in [0.15, 0.2) is 0 Å². The smallest absolute Gasteiger partial charge is 0.137 e. The van der Waals surface area contributed by atoms with E-state index in [0.717, 1.165) is 27.2 Å². The van der Waals surface area contributed by atoms with Gasteiger partial charge < -0.3 is 4.98 Å². The van der Waals surface area contributed by atoms with Gasteiger partial charge in [0.25, 0.3) is 0 Å². The number of nitrogens with one attached hydrogen (secondary N) is 1. The highest BCUT2D eigenvalue weighted by atomic mass is 35.5. The molecule has 0 aliphatic carbocycles. The fourth-order valence-electron chi connectivity index (χ4n) is 1.85. The van der Waals surface area contributed by atoms with Crippen molar-refractivity contribution in [2.75, 3.05) is 0 Å². The van der Waals surface area contributed by atoms with Crippen molar-refractivity contribution < 1.29 is 0 Å². The number of aromatic amines is 1. The highest BCUT2D eigenvalue weighted by Gasteiger charge is 2.05. The number of hydrogen-bond acceptors (Lipinski definition) is 1. The Labute approximate surface area is 97.9 Å². The molecule has 0 spiro atoms. The van der Waals surface area contributed by atoms with Crippen LogP contribution in [0.4, 0.5) is 0 Å². The molecule has 0 amide bonds. The summed E-state index contributed by atoms with van der Waals surface area (Å²) in [5.41, 5.74) is 3.13. The molecule has 2 heterocycles. The van der Waals surface area contributed by atoms with Crippen molar-refractivity contribution in [3.05, 3.63) is 53.8 Å². The van der Waals surface area contributed by atoms with Crippen molar-refractivity contribution in [1.82, 2.24) is 9.97 Å². The van der Waals surface area contributed by atoms with Crippen LogP contribution in [0.25, 0.3) is 22.2 Å². The molecule has 0 atom stereocenters. The normalized spacial score (nSPS) is 10.8.